The molecule has 1 amide bonds. The SMILES string of the molecule is Cc1cnn(Cc2ccc(C(=O)Nc3cc(F)ccc3Nc3ccccc3)cc2)c1. The number of hydrogen-bond acceptors (Lipinski definition) is 3. The third kappa shape index (κ3) is 4.72. The zero-order valence-electron chi connectivity index (χ0n) is 16.5. The fourth-order valence-corrected chi connectivity index (χ4v) is 3.10. The number of amides is 1. The number of carbonyl (C=O) groups excluding carboxylic acids is 1. The molecular formula is C24H21FN4O. The first-order valence-corrected chi connectivity index (χ1v) is 9.58. The Kier molecular flexibility index (Phi) is 5.57. The Morgan fingerprint density at radius 2 is 1.77 bits per heavy atom. The number of halogens is 1. The number of aromatic nitrogens is 2. The number of carbonyl (C=O) groups is 1. The van der Waals surface area contributed by atoms with E-state index in [-0.39, 0.29) is 5.91 Å². The number of anilines is 3. The van der Waals surface area contributed by atoms with E-state index in [9.17, 15) is 9.18 Å². The Hall–Kier alpha value is -3.93. The second kappa shape index (κ2) is 8.61. The van der Waals surface area contributed by atoms with Gasteiger partial charge < -0.3 is 10.6 Å². The number of aryl methyl sites for hydroxylation is 1. The Bertz CT molecular complexity index is 1150. The Labute approximate surface area is 174 Å². The maximum absolute atomic E-state index is 13.8. The second-order valence-corrected chi connectivity index (χ2v) is 7.05. The second-order valence-electron chi connectivity index (χ2n) is 7.05. The molecule has 150 valence electrons. The Morgan fingerprint density at radius 1 is 1.00 bits per heavy atom. The molecule has 1 heterocycles. The lowest BCUT2D eigenvalue weighted by molar-refractivity contribution is 0.102. The topological polar surface area (TPSA) is 59.0 Å². The van der Waals surface area contributed by atoms with Gasteiger partial charge in [0.1, 0.15) is 5.82 Å². The minimum Gasteiger partial charge on any atom is -0.354 e. The molecular weight excluding hydrogens is 379 g/mol. The van der Waals surface area contributed by atoms with Crippen molar-refractivity contribution in [3.63, 3.8) is 0 Å². The van der Waals surface area contributed by atoms with E-state index in [0.29, 0.717) is 23.5 Å². The Balaban J connectivity index is 1.48. The highest BCUT2D eigenvalue weighted by molar-refractivity contribution is 6.06. The first-order valence-electron chi connectivity index (χ1n) is 9.58. The first kappa shape index (κ1) is 19.4. The molecule has 0 spiro atoms. The summed E-state index contributed by atoms with van der Waals surface area (Å²) < 4.78 is 15.7. The number of nitrogens with one attached hydrogen (secondary N) is 2. The molecule has 2 N–H and O–H groups in total. The summed E-state index contributed by atoms with van der Waals surface area (Å²) in [5, 5.41) is 10.3. The van der Waals surface area contributed by atoms with Crippen molar-refractivity contribution in [2.45, 2.75) is 13.5 Å². The smallest absolute Gasteiger partial charge is 0.255 e. The molecule has 5 nitrogen and oxygen atoms in total. The quantitative estimate of drug-likeness (QED) is 0.457. The molecule has 0 aliphatic heterocycles. The van der Waals surface area contributed by atoms with Gasteiger partial charge in [0, 0.05) is 17.4 Å². The fourth-order valence-electron chi connectivity index (χ4n) is 3.10. The summed E-state index contributed by atoms with van der Waals surface area (Å²) >= 11 is 0. The molecule has 0 saturated heterocycles. The lowest BCUT2D eigenvalue weighted by Crippen LogP contribution is -2.13. The van der Waals surface area contributed by atoms with Crippen molar-refractivity contribution in [1.29, 1.82) is 0 Å². The van der Waals surface area contributed by atoms with E-state index in [2.05, 4.69) is 15.7 Å². The third-order valence-corrected chi connectivity index (χ3v) is 4.61. The van der Waals surface area contributed by atoms with E-state index in [0.717, 1.165) is 16.8 Å². The van der Waals surface area contributed by atoms with Crippen LogP contribution in [-0.4, -0.2) is 15.7 Å². The van der Waals surface area contributed by atoms with Gasteiger partial charge in [-0.2, -0.15) is 5.10 Å². The van der Waals surface area contributed by atoms with E-state index >= 15 is 0 Å². The van der Waals surface area contributed by atoms with Gasteiger partial charge in [-0.1, -0.05) is 30.3 Å². The van der Waals surface area contributed by atoms with Gasteiger partial charge in [-0.3, -0.25) is 9.48 Å². The molecule has 0 bridgehead atoms. The van der Waals surface area contributed by atoms with Gasteiger partial charge in [0.05, 0.1) is 24.1 Å². The van der Waals surface area contributed by atoms with E-state index in [4.69, 9.17) is 0 Å². The maximum Gasteiger partial charge on any atom is 0.255 e. The van der Waals surface area contributed by atoms with Gasteiger partial charge in [0.25, 0.3) is 5.91 Å². The summed E-state index contributed by atoms with van der Waals surface area (Å²) in [6.07, 6.45) is 3.77. The highest BCUT2D eigenvalue weighted by Crippen LogP contribution is 2.27. The molecule has 6 heteroatoms. The molecule has 0 radical (unpaired) electrons. The van der Waals surface area contributed by atoms with Gasteiger partial charge in [-0.25, -0.2) is 4.39 Å². The number of rotatable bonds is 6. The summed E-state index contributed by atoms with van der Waals surface area (Å²) in [5.41, 5.74) is 4.46. The highest BCUT2D eigenvalue weighted by atomic mass is 19.1. The van der Waals surface area contributed by atoms with Gasteiger partial charge in [-0.15, -0.1) is 0 Å². The van der Waals surface area contributed by atoms with Crippen molar-refractivity contribution in [1.82, 2.24) is 9.78 Å². The molecule has 0 saturated carbocycles. The molecule has 0 aliphatic carbocycles. The summed E-state index contributed by atoms with van der Waals surface area (Å²) in [5.74, 6) is -0.730. The van der Waals surface area contributed by atoms with E-state index in [1.54, 1.807) is 18.2 Å². The van der Waals surface area contributed by atoms with Crippen molar-refractivity contribution < 1.29 is 9.18 Å². The summed E-state index contributed by atoms with van der Waals surface area (Å²) in [4.78, 5) is 12.7. The van der Waals surface area contributed by atoms with Gasteiger partial charge in [0.2, 0.25) is 0 Å². The number of hydrogen-bond donors (Lipinski definition) is 2. The van der Waals surface area contributed by atoms with Gasteiger partial charge in [0.15, 0.2) is 0 Å². The van der Waals surface area contributed by atoms with Crippen LogP contribution in [0, 0.1) is 12.7 Å². The summed E-state index contributed by atoms with van der Waals surface area (Å²) in [7, 11) is 0. The van der Waals surface area contributed by atoms with Crippen molar-refractivity contribution in [2.75, 3.05) is 10.6 Å². The highest BCUT2D eigenvalue weighted by Gasteiger charge is 2.11. The molecule has 4 rings (SSSR count). The molecule has 1 aromatic heterocycles. The summed E-state index contributed by atoms with van der Waals surface area (Å²) in [6, 6.07) is 21.1. The molecule has 30 heavy (non-hydrogen) atoms. The first-order chi connectivity index (χ1) is 14.6. The Morgan fingerprint density at radius 3 is 2.47 bits per heavy atom. The van der Waals surface area contributed by atoms with Gasteiger partial charge in [-0.05, 0) is 60.5 Å². The van der Waals surface area contributed by atoms with E-state index in [1.165, 1.54) is 12.1 Å². The number of benzene rings is 3. The van der Waals surface area contributed by atoms with Crippen LogP contribution in [0.4, 0.5) is 21.5 Å². The van der Waals surface area contributed by atoms with Crippen LogP contribution in [0.2, 0.25) is 0 Å². The molecule has 0 fully saturated rings. The largest absolute Gasteiger partial charge is 0.354 e. The predicted molar refractivity (Wildman–Crippen MR) is 117 cm³/mol. The fraction of sp³-hybridized carbons (Fsp3) is 0.0833. The minimum absolute atomic E-state index is 0.307. The van der Waals surface area contributed by atoms with Crippen LogP contribution in [0.25, 0.3) is 0 Å². The minimum atomic E-state index is -0.422. The molecule has 3 aromatic carbocycles. The van der Waals surface area contributed by atoms with Crippen molar-refractivity contribution in [3.05, 3.63) is 108 Å². The van der Waals surface area contributed by atoms with Crippen molar-refractivity contribution in [3.8, 4) is 0 Å². The van der Waals surface area contributed by atoms with Crippen molar-refractivity contribution in [2.24, 2.45) is 0 Å². The molecule has 0 atom stereocenters. The number of para-hydroxylation sites is 1. The van der Waals surface area contributed by atoms with E-state index in [1.807, 2.05) is 66.5 Å². The van der Waals surface area contributed by atoms with Crippen LogP contribution in [0.3, 0.4) is 0 Å². The van der Waals surface area contributed by atoms with E-state index < -0.39 is 5.82 Å². The maximum atomic E-state index is 13.8. The summed E-state index contributed by atoms with van der Waals surface area (Å²) in [6.45, 7) is 2.62. The third-order valence-electron chi connectivity index (χ3n) is 4.61. The average Bonchev–Trinajstić information content (AvgIpc) is 3.16. The normalized spacial score (nSPS) is 10.6. The van der Waals surface area contributed by atoms with Crippen molar-refractivity contribution >= 4 is 23.0 Å². The van der Waals surface area contributed by atoms with Gasteiger partial charge >= 0.3 is 0 Å². The predicted octanol–water partition coefficient (Wildman–Crippen LogP) is 5.37. The lowest BCUT2D eigenvalue weighted by Gasteiger charge is -2.14. The zero-order valence-corrected chi connectivity index (χ0v) is 16.5. The average molecular weight is 400 g/mol. The standard InChI is InChI=1S/C24H21FN4O/c1-17-14-26-29(15-17)16-18-7-9-19(10-8-18)24(30)28-23-13-20(25)11-12-22(23)27-21-5-3-2-4-6-21/h2-15,27H,16H2,1H3,(H,28,30). The van der Waals surface area contributed by atoms with Crippen LogP contribution in [0.15, 0.2) is 85.2 Å². The van der Waals surface area contributed by atoms with Crippen LogP contribution < -0.4 is 10.6 Å². The zero-order chi connectivity index (χ0) is 20.9. The molecule has 0 aliphatic rings. The lowest BCUT2D eigenvalue weighted by atomic mass is 10.1. The van der Waals surface area contributed by atoms with Crippen LogP contribution in [-0.2, 0) is 6.54 Å². The monoisotopic (exact) mass is 400 g/mol. The van der Waals surface area contributed by atoms with Crippen LogP contribution in [0.5, 0.6) is 0 Å². The van der Waals surface area contributed by atoms with Crippen LogP contribution >= 0.6 is 0 Å². The molecule has 0 unspecified atom stereocenters. The molecule has 4 aromatic rings. The van der Waals surface area contributed by atoms with Crippen LogP contribution in [0.1, 0.15) is 21.5 Å². The number of nitrogens with zero attached hydrogens (tertiary/aromatic N) is 2.